The molecule has 1 saturated carbocycles. The van der Waals surface area contributed by atoms with Crippen LogP contribution >= 0.6 is 0 Å². The van der Waals surface area contributed by atoms with Gasteiger partial charge in [0.05, 0.1) is 23.7 Å². The van der Waals surface area contributed by atoms with Gasteiger partial charge in [-0.25, -0.2) is 13.1 Å². The van der Waals surface area contributed by atoms with E-state index in [-0.39, 0.29) is 11.8 Å². The summed E-state index contributed by atoms with van der Waals surface area (Å²) in [6, 6.07) is -0.113. The molecule has 1 aromatic heterocycles. The van der Waals surface area contributed by atoms with Crippen LogP contribution in [0.2, 0.25) is 0 Å². The van der Waals surface area contributed by atoms with Crippen LogP contribution in [0.1, 0.15) is 55.8 Å². The number of sulfonamides is 1. The Morgan fingerprint density at radius 3 is 2.89 bits per heavy atom. The molecule has 3 rings (SSSR count). The van der Waals surface area contributed by atoms with Gasteiger partial charge in [-0.2, -0.15) is 5.10 Å². The minimum atomic E-state index is -3.17. The van der Waals surface area contributed by atoms with Crippen LogP contribution in [-0.2, 0) is 16.4 Å². The first-order valence-corrected chi connectivity index (χ1v) is 8.81. The molecule has 2 aliphatic carbocycles. The third-order valence-electron chi connectivity index (χ3n) is 4.38. The zero-order valence-corrected chi connectivity index (χ0v) is 11.9. The van der Waals surface area contributed by atoms with E-state index < -0.39 is 10.0 Å². The third-order valence-corrected chi connectivity index (χ3v) is 5.80. The first-order valence-electron chi connectivity index (χ1n) is 7.16. The van der Waals surface area contributed by atoms with Gasteiger partial charge in [-0.3, -0.25) is 5.10 Å². The average Bonchev–Trinajstić information content (AvgIpc) is 2.75. The second-order valence-electron chi connectivity index (χ2n) is 5.78. The SMILES string of the molecule is O=S(=O)(CCC1CCC1)NC1CCCc2cn[nH]c21. The van der Waals surface area contributed by atoms with Crippen LogP contribution < -0.4 is 4.72 Å². The van der Waals surface area contributed by atoms with Gasteiger partial charge in [-0.1, -0.05) is 19.3 Å². The zero-order chi connectivity index (χ0) is 13.3. The molecule has 6 heteroatoms. The van der Waals surface area contributed by atoms with Gasteiger partial charge in [0, 0.05) is 0 Å². The molecule has 106 valence electrons. The summed E-state index contributed by atoms with van der Waals surface area (Å²) in [6.07, 6.45) is 9.14. The Bertz CT molecular complexity index is 534. The van der Waals surface area contributed by atoms with Crippen molar-refractivity contribution in [3.63, 3.8) is 0 Å². The summed E-state index contributed by atoms with van der Waals surface area (Å²) in [4.78, 5) is 0. The van der Waals surface area contributed by atoms with Crippen LogP contribution in [0.25, 0.3) is 0 Å². The lowest BCUT2D eigenvalue weighted by atomic mass is 9.84. The fourth-order valence-electron chi connectivity index (χ4n) is 2.96. The van der Waals surface area contributed by atoms with Gasteiger partial charge in [0.1, 0.15) is 0 Å². The van der Waals surface area contributed by atoms with Gasteiger partial charge in [-0.15, -0.1) is 0 Å². The number of nitrogens with one attached hydrogen (secondary N) is 2. The largest absolute Gasteiger partial charge is 0.281 e. The molecule has 1 heterocycles. The lowest BCUT2D eigenvalue weighted by molar-refractivity contribution is 0.307. The van der Waals surface area contributed by atoms with E-state index in [4.69, 9.17) is 0 Å². The maximum atomic E-state index is 12.1. The van der Waals surface area contributed by atoms with E-state index in [1.54, 1.807) is 0 Å². The molecule has 1 fully saturated rings. The molecule has 1 unspecified atom stereocenters. The summed E-state index contributed by atoms with van der Waals surface area (Å²) >= 11 is 0. The van der Waals surface area contributed by atoms with Crippen molar-refractivity contribution in [1.82, 2.24) is 14.9 Å². The number of aromatic amines is 1. The Hall–Kier alpha value is -0.880. The highest BCUT2D eigenvalue weighted by Gasteiger charge is 2.27. The smallest absolute Gasteiger partial charge is 0.212 e. The predicted octanol–water partition coefficient (Wildman–Crippen LogP) is 1.90. The Morgan fingerprint density at radius 2 is 2.16 bits per heavy atom. The van der Waals surface area contributed by atoms with E-state index in [1.165, 1.54) is 19.3 Å². The summed E-state index contributed by atoms with van der Waals surface area (Å²) in [5.41, 5.74) is 2.11. The summed E-state index contributed by atoms with van der Waals surface area (Å²) < 4.78 is 27.1. The van der Waals surface area contributed by atoms with Crippen LogP contribution in [0.5, 0.6) is 0 Å². The summed E-state index contributed by atoms with van der Waals surface area (Å²) in [5, 5.41) is 6.96. The van der Waals surface area contributed by atoms with Gasteiger partial charge in [0.2, 0.25) is 10.0 Å². The minimum absolute atomic E-state index is 0.113. The average molecular weight is 283 g/mol. The molecule has 0 amide bonds. The van der Waals surface area contributed by atoms with Crippen molar-refractivity contribution in [1.29, 1.82) is 0 Å². The number of nitrogens with zero attached hydrogens (tertiary/aromatic N) is 1. The highest BCUT2D eigenvalue weighted by atomic mass is 32.2. The van der Waals surface area contributed by atoms with Crippen molar-refractivity contribution < 1.29 is 8.42 Å². The molecule has 0 radical (unpaired) electrons. The zero-order valence-electron chi connectivity index (χ0n) is 11.1. The van der Waals surface area contributed by atoms with Crippen molar-refractivity contribution in [2.75, 3.05) is 5.75 Å². The molecule has 1 aromatic rings. The molecule has 2 N–H and O–H groups in total. The van der Waals surface area contributed by atoms with Crippen molar-refractivity contribution in [3.8, 4) is 0 Å². The number of aromatic nitrogens is 2. The van der Waals surface area contributed by atoms with Crippen LogP contribution in [0.3, 0.4) is 0 Å². The van der Waals surface area contributed by atoms with E-state index in [0.717, 1.165) is 36.9 Å². The Balaban J connectivity index is 1.61. The fourth-order valence-corrected chi connectivity index (χ4v) is 4.39. The maximum absolute atomic E-state index is 12.1. The minimum Gasteiger partial charge on any atom is -0.281 e. The normalized spacial score (nSPS) is 23.9. The third kappa shape index (κ3) is 3.00. The van der Waals surface area contributed by atoms with E-state index in [1.807, 2.05) is 6.20 Å². The first-order chi connectivity index (χ1) is 9.14. The monoisotopic (exact) mass is 283 g/mol. The second-order valence-corrected chi connectivity index (χ2v) is 7.65. The number of aryl methyl sites for hydroxylation is 1. The van der Waals surface area contributed by atoms with Gasteiger partial charge in [-0.05, 0) is 37.2 Å². The number of rotatable bonds is 5. The molecule has 0 bridgehead atoms. The lowest BCUT2D eigenvalue weighted by Crippen LogP contribution is -2.33. The molecule has 0 saturated heterocycles. The highest BCUT2D eigenvalue weighted by molar-refractivity contribution is 7.89. The first kappa shape index (κ1) is 13.1. The van der Waals surface area contributed by atoms with Crippen molar-refractivity contribution in [3.05, 3.63) is 17.5 Å². The van der Waals surface area contributed by atoms with Crippen LogP contribution in [-0.4, -0.2) is 24.4 Å². The van der Waals surface area contributed by atoms with Gasteiger partial charge in [0.15, 0.2) is 0 Å². The van der Waals surface area contributed by atoms with Crippen molar-refractivity contribution in [2.45, 2.75) is 51.0 Å². The quantitative estimate of drug-likeness (QED) is 0.866. The summed E-state index contributed by atoms with van der Waals surface area (Å²) in [7, 11) is -3.17. The molecule has 1 atom stereocenters. The van der Waals surface area contributed by atoms with Crippen molar-refractivity contribution in [2.24, 2.45) is 5.92 Å². The fraction of sp³-hybridized carbons (Fsp3) is 0.769. The van der Waals surface area contributed by atoms with Gasteiger partial charge >= 0.3 is 0 Å². The lowest BCUT2D eigenvalue weighted by Gasteiger charge is -2.26. The predicted molar refractivity (Wildman–Crippen MR) is 73.1 cm³/mol. The van der Waals surface area contributed by atoms with Crippen LogP contribution in [0.15, 0.2) is 6.20 Å². The Kier molecular flexibility index (Phi) is 3.62. The molecule has 0 aromatic carbocycles. The number of hydrogen-bond donors (Lipinski definition) is 2. The van der Waals surface area contributed by atoms with E-state index in [9.17, 15) is 8.42 Å². The van der Waals surface area contributed by atoms with E-state index in [2.05, 4.69) is 14.9 Å². The Morgan fingerprint density at radius 1 is 1.32 bits per heavy atom. The number of fused-ring (bicyclic) bond motifs is 1. The highest BCUT2D eigenvalue weighted by Crippen LogP contribution is 2.31. The maximum Gasteiger partial charge on any atom is 0.212 e. The molecule has 0 aliphatic heterocycles. The van der Waals surface area contributed by atoms with E-state index in [0.29, 0.717) is 5.92 Å². The number of H-pyrrole nitrogens is 1. The second kappa shape index (κ2) is 5.25. The molecular weight excluding hydrogens is 262 g/mol. The molecular formula is C13H21N3O2S. The van der Waals surface area contributed by atoms with Gasteiger partial charge in [0.25, 0.3) is 0 Å². The molecule has 19 heavy (non-hydrogen) atoms. The molecule has 5 nitrogen and oxygen atoms in total. The molecule has 0 spiro atoms. The van der Waals surface area contributed by atoms with Crippen molar-refractivity contribution >= 4 is 10.0 Å². The topological polar surface area (TPSA) is 74.8 Å². The summed E-state index contributed by atoms with van der Waals surface area (Å²) in [6.45, 7) is 0. The van der Waals surface area contributed by atoms with Gasteiger partial charge < -0.3 is 0 Å². The summed E-state index contributed by atoms with van der Waals surface area (Å²) in [5.74, 6) is 0.892. The standard InChI is InChI=1S/C13H21N3O2S/c17-19(18,8-7-10-3-1-4-10)16-12-6-2-5-11-9-14-15-13(11)12/h9-10,12,16H,1-8H2,(H,14,15). The van der Waals surface area contributed by atoms with Crippen LogP contribution in [0.4, 0.5) is 0 Å². The number of hydrogen-bond acceptors (Lipinski definition) is 3. The molecule has 2 aliphatic rings. The van der Waals surface area contributed by atoms with E-state index >= 15 is 0 Å². The Labute approximate surface area is 114 Å². The van der Waals surface area contributed by atoms with Crippen LogP contribution in [0, 0.1) is 5.92 Å².